The van der Waals surface area contributed by atoms with Crippen LogP contribution in [0.1, 0.15) is 11.1 Å². The molecule has 28 heavy (non-hydrogen) atoms. The fraction of sp³-hybridized carbons (Fsp3) is 0.0769. The van der Waals surface area contributed by atoms with Crippen LogP contribution in [0.3, 0.4) is 0 Å². The minimum absolute atomic E-state index is 0.550. The van der Waals surface area contributed by atoms with Crippen LogP contribution in [0, 0.1) is 0 Å². The highest BCUT2D eigenvalue weighted by Gasteiger charge is 2.03. The molecule has 0 fully saturated rings. The third kappa shape index (κ3) is 4.80. The Morgan fingerprint density at radius 1 is 0.429 bits per heavy atom. The molecule has 4 aromatic carbocycles. The first-order chi connectivity index (χ1) is 13.9. The molecule has 0 radical (unpaired) electrons. The SMILES string of the molecule is c1ccc(OCc2cccc(-c3cccc(COc4ccccc4)c3)c2)cc1. The van der Waals surface area contributed by atoms with Gasteiger partial charge in [0, 0.05) is 0 Å². The predicted octanol–water partition coefficient (Wildman–Crippen LogP) is 6.51. The first-order valence-corrected chi connectivity index (χ1v) is 9.41. The Balaban J connectivity index is 1.45. The average Bonchev–Trinajstić information content (AvgIpc) is 2.78. The highest BCUT2D eigenvalue weighted by atomic mass is 16.5. The Bertz CT molecular complexity index is 926. The van der Waals surface area contributed by atoms with Crippen molar-refractivity contribution >= 4 is 0 Å². The summed E-state index contributed by atoms with van der Waals surface area (Å²) in [5.74, 6) is 1.76. The quantitative estimate of drug-likeness (QED) is 0.371. The molecule has 0 saturated carbocycles. The van der Waals surface area contributed by atoms with Crippen molar-refractivity contribution in [3.8, 4) is 22.6 Å². The molecule has 0 aliphatic rings. The normalized spacial score (nSPS) is 10.4. The summed E-state index contributed by atoms with van der Waals surface area (Å²) in [6.07, 6.45) is 0. The van der Waals surface area contributed by atoms with Crippen LogP contribution in [0.4, 0.5) is 0 Å². The van der Waals surface area contributed by atoms with E-state index in [1.165, 1.54) is 11.1 Å². The lowest BCUT2D eigenvalue weighted by atomic mass is 10.0. The summed E-state index contributed by atoms with van der Waals surface area (Å²) < 4.78 is 11.7. The molecule has 0 aliphatic carbocycles. The van der Waals surface area contributed by atoms with Crippen molar-refractivity contribution in [2.24, 2.45) is 0 Å². The Labute approximate surface area is 166 Å². The molecule has 0 amide bonds. The first kappa shape index (κ1) is 17.9. The predicted molar refractivity (Wildman–Crippen MR) is 113 cm³/mol. The number of hydrogen-bond donors (Lipinski definition) is 0. The molecule has 2 heteroatoms. The highest BCUT2D eigenvalue weighted by molar-refractivity contribution is 5.64. The van der Waals surface area contributed by atoms with Crippen LogP contribution in [0.5, 0.6) is 11.5 Å². The van der Waals surface area contributed by atoms with Gasteiger partial charge in [0.15, 0.2) is 0 Å². The Morgan fingerprint density at radius 2 is 0.857 bits per heavy atom. The lowest BCUT2D eigenvalue weighted by molar-refractivity contribution is 0.306. The van der Waals surface area contributed by atoms with Crippen molar-refractivity contribution in [3.05, 3.63) is 120 Å². The van der Waals surface area contributed by atoms with Crippen molar-refractivity contribution in [2.75, 3.05) is 0 Å². The zero-order valence-electron chi connectivity index (χ0n) is 15.6. The molecule has 0 aromatic heterocycles. The van der Waals surface area contributed by atoms with Gasteiger partial charge in [-0.05, 0) is 58.7 Å². The third-order valence-electron chi connectivity index (χ3n) is 4.48. The molecule has 0 unspecified atom stereocenters. The standard InChI is InChI=1S/C26H22O2/c1-3-13-25(14-4-1)27-19-21-9-7-11-23(17-21)24-12-8-10-22(18-24)20-28-26-15-5-2-6-16-26/h1-18H,19-20H2. The summed E-state index contributed by atoms with van der Waals surface area (Å²) in [6, 6.07) is 36.7. The Kier molecular flexibility index (Phi) is 5.69. The molecule has 0 heterocycles. The summed E-state index contributed by atoms with van der Waals surface area (Å²) in [5.41, 5.74) is 4.64. The van der Waals surface area contributed by atoms with Gasteiger partial charge < -0.3 is 9.47 Å². The van der Waals surface area contributed by atoms with Gasteiger partial charge in [0.1, 0.15) is 24.7 Å². The van der Waals surface area contributed by atoms with E-state index in [1.54, 1.807) is 0 Å². The molecule has 2 nitrogen and oxygen atoms in total. The molecule has 0 N–H and O–H groups in total. The van der Waals surface area contributed by atoms with Gasteiger partial charge in [-0.1, -0.05) is 72.8 Å². The van der Waals surface area contributed by atoms with E-state index < -0.39 is 0 Å². The Hall–Kier alpha value is -3.52. The minimum atomic E-state index is 0.550. The van der Waals surface area contributed by atoms with Crippen LogP contribution in [0.2, 0.25) is 0 Å². The number of benzene rings is 4. The molecule has 0 saturated heterocycles. The van der Waals surface area contributed by atoms with Crippen molar-refractivity contribution in [3.63, 3.8) is 0 Å². The summed E-state index contributed by atoms with van der Waals surface area (Å²) in [7, 11) is 0. The van der Waals surface area contributed by atoms with Gasteiger partial charge in [-0.3, -0.25) is 0 Å². The summed E-state index contributed by atoms with van der Waals surface area (Å²) in [6.45, 7) is 1.10. The van der Waals surface area contributed by atoms with Gasteiger partial charge in [0.25, 0.3) is 0 Å². The maximum absolute atomic E-state index is 5.87. The van der Waals surface area contributed by atoms with Gasteiger partial charge in [-0.25, -0.2) is 0 Å². The number of hydrogen-bond acceptors (Lipinski definition) is 2. The summed E-state index contributed by atoms with van der Waals surface area (Å²) in [4.78, 5) is 0. The van der Waals surface area contributed by atoms with Crippen LogP contribution in [0.15, 0.2) is 109 Å². The molecule has 0 spiro atoms. The van der Waals surface area contributed by atoms with E-state index in [0.717, 1.165) is 22.6 Å². The molecular formula is C26H22O2. The largest absolute Gasteiger partial charge is 0.489 e. The van der Waals surface area contributed by atoms with Crippen LogP contribution in [0.25, 0.3) is 11.1 Å². The van der Waals surface area contributed by atoms with E-state index in [-0.39, 0.29) is 0 Å². The zero-order valence-corrected chi connectivity index (χ0v) is 15.6. The third-order valence-corrected chi connectivity index (χ3v) is 4.48. The first-order valence-electron chi connectivity index (χ1n) is 9.41. The monoisotopic (exact) mass is 366 g/mol. The van der Waals surface area contributed by atoms with E-state index in [1.807, 2.05) is 60.7 Å². The fourth-order valence-corrected chi connectivity index (χ4v) is 3.05. The number of rotatable bonds is 7. The topological polar surface area (TPSA) is 18.5 Å². The van der Waals surface area contributed by atoms with E-state index in [4.69, 9.17) is 9.47 Å². The molecule has 4 rings (SSSR count). The van der Waals surface area contributed by atoms with Crippen molar-refractivity contribution in [1.29, 1.82) is 0 Å². The second-order valence-electron chi connectivity index (χ2n) is 6.60. The maximum atomic E-state index is 5.87. The number of para-hydroxylation sites is 2. The highest BCUT2D eigenvalue weighted by Crippen LogP contribution is 2.23. The fourth-order valence-electron chi connectivity index (χ4n) is 3.05. The average molecular weight is 366 g/mol. The van der Waals surface area contributed by atoms with E-state index in [9.17, 15) is 0 Å². The van der Waals surface area contributed by atoms with Gasteiger partial charge >= 0.3 is 0 Å². The number of ether oxygens (including phenoxy) is 2. The van der Waals surface area contributed by atoms with Crippen LogP contribution < -0.4 is 9.47 Å². The van der Waals surface area contributed by atoms with Crippen LogP contribution in [-0.2, 0) is 13.2 Å². The lowest BCUT2D eigenvalue weighted by Gasteiger charge is -2.10. The zero-order chi connectivity index (χ0) is 19.0. The van der Waals surface area contributed by atoms with Crippen molar-refractivity contribution < 1.29 is 9.47 Å². The van der Waals surface area contributed by atoms with E-state index in [0.29, 0.717) is 13.2 Å². The van der Waals surface area contributed by atoms with Crippen LogP contribution in [-0.4, -0.2) is 0 Å². The maximum Gasteiger partial charge on any atom is 0.119 e. The molecule has 0 aliphatic heterocycles. The van der Waals surface area contributed by atoms with Crippen LogP contribution >= 0.6 is 0 Å². The summed E-state index contributed by atoms with van der Waals surface area (Å²) in [5, 5.41) is 0. The van der Waals surface area contributed by atoms with Gasteiger partial charge in [-0.2, -0.15) is 0 Å². The van der Waals surface area contributed by atoms with Gasteiger partial charge in [0.2, 0.25) is 0 Å². The minimum Gasteiger partial charge on any atom is -0.489 e. The van der Waals surface area contributed by atoms with E-state index in [2.05, 4.69) is 48.5 Å². The molecule has 4 aromatic rings. The van der Waals surface area contributed by atoms with Gasteiger partial charge in [-0.15, -0.1) is 0 Å². The Morgan fingerprint density at radius 3 is 1.29 bits per heavy atom. The smallest absolute Gasteiger partial charge is 0.119 e. The molecule has 138 valence electrons. The molecule has 0 bridgehead atoms. The van der Waals surface area contributed by atoms with E-state index >= 15 is 0 Å². The van der Waals surface area contributed by atoms with Crippen molar-refractivity contribution in [2.45, 2.75) is 13.2 Å². The summed E-state index contributed by atoms with van der Waals surface area (Å²) >= 11 is 0. The molecule has 0 atom stereocenters. The second kappa shape index (κ2) is 8.92. The molecular weight excluding hydrogens is 344 g/mol. The lowest BCUT2D eigenvalue weighted by Crippen LogP contribution is -1.96. The van der Waals surface area contributed by atoms with Crippen molar-refractivity contribution in [1.82, 2.24) is 0 Å². The second-order valence-corrected chi connectivity index (χ2v) is 6.60. The van der Waals surface area contributed by atoms with Gasteiger partial charge in [0.05, 0.1) is 0 Å².